The quantitative estimate of drug-likeness (QED) is 0.931. The summed E-state index contributed by atoms with van der Waals surface area (Å²) in [6.45, 7) is 1.97. The highest BCUT2D eigenvalue weighted by Gasteiger charge is 2.16. The van der Waals surface area contributed by atoms with E-state index in [2.05, 4.69) is 15.5 Å². The molecule has 0 saturated heterocycles. The van der Waals surface area contributed by atoms with Crippen LogP contribution in [0.1, 0.15) is 18.0 Å². The monoisotopic (exact) mass is 271 g/mol. The molecule has 0 aliphatic carbocycles. The van der Waals surface area contributed by atoms with E-state index in [-0.39, 0.29) is 11.9 Å². The first-order valence-corrected chi connectivity index (χ1v) is 6.28. The van der Waals surface area contributed by atoms with Crippen molar-refractivity contribution in [2.75, 3.05) is 7.05 Å². The summed E-state index contributed by atoms with van der Waals surface area (Å²) in [6.07, 6.45) is 0. The highest BCUT2D eigenvalue weighted by molar-refractivity contribution is 7.14. The molecule has 17 heavy (non-hydrogen) atoms. The van der Waals surface area contributed by atoms with Gasteiger partial charge in [0, 0.05) is 0 Å². The molecule has 1 N–H and O–H groups in total. The molecule has 6 heteroatoms. The molecule has 0 bridgehead atoms. The Morgan fingerprint density at radius 3 is 2.82 bits per heavy atom. The topological polar surface area (TPSA) is 37.8 Å². The summed E-state index contributed by atoms with van der Waals surface area (Å²) in [5.74, 6) is -0.377. The fraction of sp³-hybridized carbons (Fsp3) is 0.273. The molecule has 0 fully saturated rings. The summed E-state index contributed by atoms with van der Waals surface area (Å²) in [4.78, 5) is 0. The van der Waals surface area contributed by atoms with Crippen molar-refractivity contribution in [2.45, 2.75) is 13.0 Å². The third-order valence-corrected chi connectivity index (χ3v) is 3.86. The minimum Gasteiger partial charge on any atom is -0.311 e. The number of halogens is 2. The number of nitrogens with zero attached hydrogens (tertiary/aromatic N) is 2. The number of hydrogen-bond donors (Lipinski definition) is 1. The van der Waals surface area contributed by atoms with E-state index in [1.54, 1.807) is 12.1 Å². The molecular formula is C11H11ClFN3S. The zero-order valence-electron chi connectivity index (χ0n) is 9.37. The van der Waals surface area contributed by atoms with Crippen molar-refractivity contribution in [3.05, 3.63) is 34.0 Å². The predicted octanol–water partition coefficient (Wildman–Crippen LogP) is 3.28. The zero-order chi connectivity index (χ0) is 12.4. The maximum atomic E-state index is 13.7. The first-order chi connectivity index (χ1) is 8.13. The molecule has 2 aromatic rings. The Kier molecular flexibility index (Phi) is 3.71. The van der Waals surface area contributed by atoms with Crippen LogP contribution in [0.2, 0.25) is 5.02 Å². The second kappa shape index (κ2) is 5.08. The van der Waals surface area contributed by atoms with Gasteiger partial charge in [-0.15, -0.1) is 10.2 Å². The van der Waals surface area contributed by atoms with Gasteiger partial charge in [0.1, 0.15) is 10.8 Å². The lowest BCUT2D eigenvalue weighted by Gasteiger charge is -2.03. The molecule has 0 spiro atoms. The van der Waals surface area contributed by atoms with Gasteiger partial charge >= 0.3 is 0 Å². The van der Waals surface area contributed by atoms with Gasteiger partial charge in [0.05, 0.1) is 16.6 Å². The van der Waals surface area contributed by atoms with Crippen molar-refractivity contribution in [1.29, 1.82) is 0 Å². The highest BCUT2D eigenvalue weighted by Crippen LogP contribution is 2.33. The van der Waals surface area contributed by atoms with E-state index in [0.29, 0.717) is 15.6 Å². The molecule has 1 aromatic carbocycles. The molecule has 0 aliphatic heterocycles. The number of nitrogens with one attached hydrogen (secondary N) is 1. The molecule has 1 heterocycles. The van der Waals surface area contributed by atoms with Crippen LogP contribution in [0.3, 0.4) is 0 Å². The largest absolute Gasteiger partial charge is 0.311 e. The number of aromatic nitrogens is 2. The van der Waals surface area contributed by atoms with Gasteiger partial charge in [-0.25, -0.2) is 4.39 Å². The van der Waals surface area contributed by atoms with Gasteiger partial charge in [-0.2, -0.15) is 0 Å². The summed E-state index contributed by atoms with van der Waals surface area (Å²) in [7, 11) is 1.84. The lowest BCUT2D eigenvalue weighted by Crippen LogP contribution is -2.11. The van der Waals surface area contributed by atoms with Gasteiger partial charge < -0.3 is 5.32 Å². The molecular weight excluding hydrogens is 261 g/mol. The molecule has 1 atom stereocenters. The fourth-order valence-electron chi connectivity index (χ4n) is 1.34. The predicted molar refractivity (Wildman–Crippen MR) is 67.8 cm³/mol. The molecule has 90 valence electrons. The maximum absolute atomic E-state index is 13.7. The van der Waals surface area contributed by atoms with Crippen molar-refractivity contribution in [3.8, 4) is 10.6 Å². The molecule has 1 unspecified atom stereocenters. The van der Waals surface area contributed by atoms with Gasteiger partial charge in [-0.1, -0.05) is 29.0 Å². The number of benzene rings is 1. The Hall–Kier alpha value is -1.04. The Balaban J connectivity index is 2.44. The van der Waals surface area contributed by atoms with E-state index in [4.69, 9.17) is 11.6 Å². The van der Waals surface area contributed by atoms with Crippen molar-refractivity contribution >= 4 is 22.9 Å². The lowest BCUT2D eigenvalue weighted by atomic mass is 10.2. The molecule has 0 saturated carbocycles. The van der Waals surface area contributed by atoms with Crippen LogP contribution in [-0.2, 0) is 0 Å². The Labute approximate surface area is 108 Å². The van der Waals surface area contributed by atoms with E-state index in [0.717, 1.165) is 5.01 Å². The van der Waals surface area contributed by atoms with Crippen LogP contribution in [0.25, 0.3) is 10.6 Å². The SMILES string of the molecule is CNC(C)c1nnc(-c2c(F)cccc2Cl)s1. The fourth-order valence-corrected chi connectivity index (χ4v) is 2.61. The van der Waals surface area contributed by atoms with Crippen LogP contribution in [0, 0.1) is 5.82 Å². The first kappa shape index (κ1) is 12.4. The molecule has 0 amide bonds. The zero-order valence-corrected chi connectivity index (χ0v) is 10.9. The highest BCUT2D eigenvalue weighted by atomic mass is 35.5. The minimum absolute atomic E-state index is 0.0896. The number of rotatable bonds is 3. The minimum atomic E-state index is -0.377. The summed E-state index contributed by atoms with van der Waals surface area (Å²) < 4.78 is 13.7. The molecule has 0 radical (unpaired) electrons. The number of hydrogen-bond acceptors (Lipinski definition) is 4. The van der Waals surface area contributed by atoms with Gasteiger partial charge in [0.25, 0.3) is 0 Å². The summed E-state index contributed by atoms with van der Waals surface area (Å²) in [5.41, 5.74) is 0.321. The average Bonchev–Trinajstić information content (AvgIpc) is 2.77. The van der Waals surface area contributed by atoms with Gasteiger partial charge in [0.2, 0.25) is 0 Å². The van der Waals surface area contributed by atoms with Crippen LogP contribution >= 0.6 is 22.9 Å². The Morgan fingerprint density at radius 1 is 1.41 bits per heavy atom. The van der Waals surface area contributed by atoms with E-state index in [1.165, 1.54) is 17.4 Å². The molecule has 2 rings (SSSR count). The Bertz CT molecular complexity index is 509. The smallest absolute Gasteiger partial charge is 0.152 e. The van der Waals surface area contributed by atoms with E-state index >= 15 is 0 Å². The lowest BCUT2D eigenvalue weighted by molar-refractivity contribution is 0.630. The van der Waals surface area contributed by atoms with Crippen LogP contribution in [0.5, 0.6) is 0 Å². The first-order valence-electron chi connectivity index (χ1n) is 5.08. The van der Waals surface area contributed by atoms with Gasteiger partial charge in [0.15, 0.2) is 5.01 Å². The molecule has 3 nitrogen and oxygen atoms in total. The van der Waals surface area contributed by atoms with Crippen molar-refractivity contribution in [1.82, 2.24) is 15.5 Å². The summed E-state index contributed by atoms with van der Waals surface area (Å²) in [6, 6.07) is 4.66. The third-order valence-electron chi connectivity index (χ3n) is 2.42. The average molecular weight is 272 g/mol. The van der Waals surface area contributed by atoms with Crippen molar-refractivity contribution in [2.24, 2.45) is 0 Å². The van der Waals surface area contributed by atoms with E-state index in [9.17, 15) is 4.39 Å². The van der Waals surface area contributed by atoms with Crippen LogP contribution in [-0.4, -0.2) is 17.2 Å². The summed E-state index contributed by atoms with van der Waals surface area (Å²) >= 11 is 7.31. The van der Waals surface area contributed by atoms with Crippen LogP contribution < -0.4 is 5.32 Å². The standard InChI is InChI=1S/C11H11ClFN3S/c1-6(14-2)10-15-16-11(17-10)9-7(12)4-3-5-8(9)13/h3-6,14H,1-2H3. The van der Waals surface area contributed by atoms with Crippen molar-refractivity contribution < 1.29 is 4.39 Å². The van der Waals surface area contributed by atoms with E-state index < -0.39 is 0 Å². The van der Waals surface area contributed by atoms with Crippen LogP contribution in [0.4, 0.5) is 4.39 Å². The Morgan fingerprint density at radius 2 is 2.18 bits per heavy atom. The summed E-state index contributed by atoms with van der Waals surface area (Å²) in [5, 5.41) is 12.7. The van der Waals surface area contributed by atoms with Gasteiger partial charge in [-0.3, -0.25) is 0 Å². The van der Waals surface area contributed by atoms with Gasteiger partial charge in [-0.05, 0) is 26.1 Å². The van der Waals surface area contributed by atoms with Crippen molar-refractivity contribution in [3.63, 3.8) is 0 Å². The molecule has 0 aliphatic rings. The third kappa shape index (κ3) is 2.46. The normalized spacial score (nSPS) is 12.7. The van der Waals surface area contributed by atoms with E-state index in [1.807, 2.05) is 14.0 Å². The molecule has 1 aromatic heterocycles. The van der Waals surface area contributed by atoms with Crippen LogP contribution in [0.15, 0.2) is 18.2 Å². The maximum Gasteiger partial charge on any atom is 0.152 e. The second-order valence-electron chi connectivity index (χ2n) is 3.55. The second-order valence-corrected chi connectivity index (χ2v) is 4.97.